The number of imide groups is 2. The standard InChI is InChI=1S/C21H27NO2S3.C20H19N2O2S2.C19H22N2O3S2.C19H22N2O2S3.C18H15NO3S.C3H6.W/c1-5-6-7-8-9-12-22-18(23)17(24-20(22)25)19-26-15-11-10-14(21(2,3)4)13-16(15)27-19;1-20(2,3)12-8-9-13-14(11-12)26-19(25-13)16-17(23)21(4)15-7-5-6-10-22(15)18(16)24;2*1-6-20-15(22)14(16(23)21(7-2)18(20)24)17-25-12-9-8-11(19(3,4)5)10-13(12)26-17;1-2-19-12-8-4-6-10-14(12)23-17(19)16-15(18(20)21)11-7-3-5-9-13(11)22-16;1-3-2;/h10-11,13H,5-9,12H2,1-4H3;5-11H,1-4H3;2*8-10H,6-7H2,1-5H3;3-10,15H,2H2,1H3,(H,20,21);1-2H3;/q;+1;;;;;/b19-17-;19-16+;;;17-16-;;. The summed E-state index contributed by atoms with van der Waals surface area (Å²) in [6.45, 7) is 44.7. The van der Waals surface area contributed by atoms with Gasteiger partial charge in [0.2, 0.25) is 5.76 Å². The van der Waals surface area contributed by atoms with Crippen molar-refractivity contribution >= 4 is 209 Å². The molecule has 1 atom stereocenters. The summed E-state index contributed by atoms with van der Waals surface area (Å²) in [7, 11) is 1.70. The number of likely N-dealkylation sites (N-methyl/N-ethyl adjacent to an activating group) is 5. The number of unbranched alkanes of at least 4 members (excludes halogenated alkanes) is 4. The molecular formula is C100H111N8O12S11W+. The van der Waals surface area contributed by atoms with Gasteiger partial charge in [0.05, 0.1) is 35.9 Å². The molecule has 0 spiro atoms. The van der Waals surface area contributed by atoms with Crippen LogP contribution in [0.15, 0.2) is 240 Å². The molecule has 7 aromatic rings. The molecule has 1 aromatic heterocycles. The maximum absolute atomic E-state index is 13.0. The molecule has 17 rings (SSSR count). The van der Waals surface area contributed by atoms with E-state index < -0.39 is 29.7 Å². The van der Waals surface area contributed by atoms with Crippen LogP contribution in [0.1, 0.15) is 209 Å². The van der Waals surface area contributed by atoms with E-state index in [1.165, 1.54) is 145 Å². The molecule has 1 unspecified atom stereocenters. The zero-order valence-electron chi connectivity index (χ0n) is 78.1. The molecule has 132 heavy (non-hydrogen) atoms. The summed E-state index contributed by atoms with van der Waals surface area (Å²) < 4.78 is 17.8. The second kappa shape index (κ2) is 43.2. The number of hydrogen-bond donors (Lipinski definition) is 1. The van der Waals surface area contributed by atoms with Crippen molar-refractivity contribution in [2.75, 3.05) is 56.1 Å². The van der Waals surface area contributed by atoms with Crippen LogP contribution in [0.25, 0.3) is 0 Å². The molecule has 6 aromatic carbocycles. The maximum atomic E-state index is 13.0. The Morgan fingerprint density at radius 1 is 0.432 bits per heavy atom. The van der Waals surface area contributed by atoms with Gasteiger partial charge in [-0.3, -0.25) is 53.3 Å². The Kier molecular flexibility index (Phi) is 33.7. The van der Waals surface area contributed by atoms with E-state index in [-0.39, 0.29) is 81.0 Å². The molecule has 694 valence electrons. The molecule has 32 heteroatoms. The number of pyridine rings is 1. The number of para-hydroxylation sites is 2. The van der Waals surface area contributed by atoms with Gasteiger partial charge in [0.1, 0.15) is 27.8 Å². The number of anilines is 2. The third kappa shape index (κ3) is 22.5. The van der Waals surface area contributed by atoms with Crippen molar-refractivity contribution < 1.29 is 81.7 Å². The summed E-state index contributed by atoms with van der Waals surface area (Å²) in [5.41, 5.74) is 7.64. The first kappa shape index (κ1) is 103. The molecule has 3 fully saturated rings. The van der Waals surface area contributed by atoms with E-state index in [1.807, 2.05) is 68.4 Å². The Labute approximate surface area is 835 Å². The van der Waals surface area contributed by atoms with Crippen LogP contribution in [0, 0.1) is 0 Å². The number of hydrogen-bond acceptors (Lipinski definition) is 23. The fourth-order valence-corrected chi connectivity index (χ4v) is 26.9. The van der Waals surface area contributed by atoms with E-state index in [0.29, 0.717) is 57.2 Å². The molecular weight excluding hydrogens is 2040 g/mol. The fraction of sp³-hybridized carbons (Fsp3) is 0.370. The van der Waals surface area contributed by atoms with Gasteiger partial charge in [0.25, 0.3) is 40.5 Å². The number of urea groups is 1. The number of fused-ring (bicyclic) bond motifs is 7. The number of thiocarbonyl (C=S) groups is 2. The van der Waals surface area contributed by atoms with Crippen molar-refractivity contribution in [1.29, 1.82) is 0 Å². The number of aromatic nitrogens is 1. The molecule has 0 bridgehead atoms. The van der Waals surface area contributed by atoms with Crippen molar-refractivity contribution in [3.8, 4) is 5.75 Å². The number of rotatable bonds is 12. The summed E-state index contributed by atoms with van der Waals surface area (Å²) in [4.78, 5) is 135. The number of benzene rings is 6. The van der Waals surface area contributed by atoms with Crippen molar-refractivity contribution in [2.45, 2.75) is 242 Å². The molecule has 8 amide bonds. The first-order chi connectivity index (χ1) is 62.4. The van der Waals surface area contributed by atoms with Crippen molar-refractivity contribution in [3.05, 3.63) is 224 Å². The zero-order chi connectivity index (χ0) is 96.2. The van der Waals surface area contributed by atoms with Crippen LogP contribution < -0.4 is 19.1 Å². The van der Waals surface area contributed by atoms with E-state index in [9.17, 15) is 48.3 Å². The van der Waals surface area contributed by atoms with Crippen LogP contribution >= 0.6 is 130 Å². The minimum absolute atomic E-state index is 0.0249. The molecule has 10 aliphatic rings. The molecule has 1 N–H and O–H groups in total. The topological polar surface area (TPSA) is 219 Å². The summed E-state index contributed by atoms with van der Waals surface area (Å²) in [6, 6.07) is 45.8. The van der Waals surface area contributed by atoms with Gasteiger partial charge >= 0.3 is 60.9 Å². The quantitative estimate of drug-likeness (QED) is 0.0395. The molecule has 0 aliphatic carbocycles. The molecule has 20 nitrogen and oxygen atoms in total. The second-order valence-corrected chi connectivity index (χ2v) is 50.1. The Morgan fingerprint density at radius 3 is 1.27 bits per heavy atom. The van der Waals surface area contributed by atoms with Gasteiger partial charge in [-0.2, -0.15) is 9.47 Å². The van der Waals surface area contributed by atoms with E-state index in [1.54, 1.807) is 98.8 Å². The Bertz CT molecular complexity index is 5850. The van der Waals surface area contributed by atoms with Gasteiger partial charge in [-0.15, -0.1) is 0 Å². The second-order valence-electron chi connectivity index (χ2n) is 36.0. The van der Waals surface area contributed by atoms with E-state index >= 15 is 0 Å². The van der Waals surface area contributed by atoms with Crippen molar-refractivity contribution in [3.63, 3.8) is 0 Å². The number of carboxylic acid groups (broad SMARTS) is 1. The average molecular weight is 2150 g/mol. The first-order valence-electron chi connectivity index (χ1n) is 43.8. The van der Waals surface area contributed by atoms with Crippen LogP contribution in [0.4, 0.5) is 16.3 Å². The number of amides is 8. The predicted molar refractivity (Wildman–Crippen MR) is 544 cm³/mol. The first-order valence-corrected chi connectivity index (χ1v) is 53.5. The van der Waals surface area contributed by atoms with Crippen LogP contribution in [0.5, 0.6) is 5.75 Å². The number of carbonyl (C=O) groups is 9. The monoisotopic (exact) mass is 2150 g/mol. The zero-order valence-corrected chi connectivity index (χ0v) is 90.0. The summed E-state index contributed by atoms with van der Waals surface area (Å²) in [5.74, 6) is -1.66. The fourth-order valence-electron chi connectivity index (χ4n) is 14.9. The number of thioether (sulfide) groups is 9. The van der Waals surface area contributed by atoms with Crippen molar-refractivity contribution in [1.82, 2.24) is 24.5 Å². The Balaban J connectivity index is 0.000000147. The minimum atomic E-state index is -0.884. The van der Waals surface area contributed by atoms with Gasteiger partial charge in [-0.1, -0.05) is 282 Å². The molecule has 11 heterocycles. The van der Waals surface area contributed by atoms with Crippen LogP contribution in [-0.2, 0) is 79.3 Å². The number of carbonyl (C=O) groups excluding carboxylic acids is 8. The number of barbiturate groups is 1. The molecule has 0 radical (unpaired) electrons. The number of nitrogens with zero attached hydrogens (tertiary/aromatic N) is 8. The van der Waals surface area contributed by atoms with Crippen LogP contribution in [-0.4, -0.2) is 143 Å². The summed E-state index contributed by atoms with van der Waals surface area (Å²) >= 11 is 25.9. The number of aliphatic carboxylic acids is 1. The molecule has 0 saturated carbocycles. The van der Waals surface area contributed by atoms with Crippen LogP contribution in [0.2, 0.25) is 0 Å². The Hall–Kier alpha value is -7.91. The summed E-state index contributed by atoms with van der Waals surface area (Å²) in [6.07, 6.45) is 7.45. The van der Waals surface area contributed by atoms with Gasteiger partial charge < -0.3 is 19.5 Å². The van der Waals surface area contributed by atoms with Gasteiger partial charge in [-0.05, 0) is 182 Å². The van der Waals surface area contributed by atoms with E-state index in [4.69, 9.17) is 33.9 Å². The average Bonchev–Trinajstić information content (AvgIpc) is 1.59. The number of ether oxygens (including phenoxy) is 2. The van der Waals surface area contributed by atoms with Gasteiger partial charge in [0, 0.05) is 95.0 Å². The normalized spacial score (nSPS) is 19.0. The third-order valence-corrected chi connectivity index (χ3v) is 34.3. The van der Waals surface area contributed by atoms with Gasteiger partial charge in [0.15, 0.2) is 16.4 Å². The van der Waals surface area contributed by atoms with Crippen LogP contribution in [0.3, 0.4) is 0 Å². The predicted octanol–water partition coefficient (Wildman–Crippen LogP) is 23.9. The Morgan fingerprint density at radius 2 is 0.826 bits per heavy atom. The van der Waals surface area contributed by atoms with Gasteiger partial charge in [-0.25, -0.2) is 14.4 Å². The molecule has 10 aliphatic heterocycles. The van der Waals surface area contributed by atoms with E-state index in [2.05, 4.69) is 188 Å². The SMILES string of the molecule is CCCCCCCN1C(=O)/C(=C2\Sc3ccc(C(C)(C)C)cc3S2)OC1=S.CCN1/C(=C2/Oc3ccccc3C2C(=O)O)Sc2ccccc21.CCN1C(=O)C(=C2Sc3ccc(C(C)(C)C)cc3S2)C(=O)N(CC)C1=O.CCN1C(=O)C(=C2Sc3ccc(C(C)(C)C)cc3S2)C(=O)N(CC)C1=S.CN1C(=O)/C(=C2/Sc3ccc(C(C)(C)C)cc3S2)C(=O)[n+]2ccccc21.C[C](C)=[W]. The van der Waals surface area contributed by atoms with E-state index in [0.717, 1.165) is 92.4 Å². The summed E-state index contributed by atoms with van der Waals surface area (Å²) in [5, 5.41) is 11.2. The molecule has 3 saturated heterocycles. The van der Waals surface area contributed by atoms with Crippen molar-refractivity contribution in [2.24, 2.45) is 0 Å². The number of carboxylic acids is 1. The third-order valence-electron chi connectivity index (χ3n) is 22.2.